The highest BCUT2D eigenvalue weighted by atomic mass is 32.2. The first-order valence-electron chi connectivity index (χ1n) is 10.3. The first kappa shape index (κ1) is 22.5. The van der Waals surface area contributed by atoms with Gasteiger partial charge >= 0.3 is 0 Å². The van der Waals surface area contributed by atoms with Crippen molar-refractivity contribution in [3.8, 4) is 0 Å². The van der Waals surface area contributed by atoms with Crippen LogP contribution < -0.4 is 0 Å². The van der Waals surface area contributed by atoms with E-state index in [-0.39, 0.29) is 5.91 Å². The summed E-state index contributed by atoms with van der Waals surface area (Å²) in [7, 11) is -1.69. The molecule has 0 atom stereocenters. The molecule has 0 bridgehead atoms. The molecule has 0 radical (unpaired) electrons. The van der Waals surface area contributed by atoms with E-state index in [4.69, 9.17) is 0 Å². The Bertz CT molecular complexity index is 956. The van der Waals surface area contributed by atoms with Gasteiger partial charge in [-0.25, -0.2) is 8.42 Å². The van der Waals surface area contributed by atoms with Crippen LogP contribution in [0.4, 0.5) is 0 Å². The Balaban J connectivity index is 1.56. The number of hydrogen-bond acceptors (Lipinski definition) is 4. The van der Waals surface area contributed by atoms with Gasteiger partial charge in [0.05, 0.1) is 11.4 Å². The van der Waals surface area contributed by atoms with Crippen LogP contribution in [-0.2, 0) is 21.4 Å². The largest absolute Gasteiger partial charge is 0.340 e. The van der Waals surface area contributed by atoms with Crippen molar-refractivity contribution >= 4 is 15.9 Å². The molecule has 1 amide bonds. The molecule has 1 saturated heterocycles. The van der Waals surface area contributed by atoms with Crippen LogP contribution in [0.15, 0.2) is 53.4 Å². The molecule has 0 saturated carbocycles. The smallest absolute Gasteiger partial charge is 0.243 e. The second-order valence-electron chi connectivity index (χ2n) is 8.08. The number of likely N-dealkylation sites (N-methyl/N-ethyl adjacent to an activating group) is 1. The first-order valence-corrected chi connectivity index (χ1v) is 11.8. The number of hydrogen-bond donors (Lipinski definition) is 0. The van der Waals surface area contributed by atoms with Gasteiger partial charge in [-0.1, -0.05) is 47.5 Å². The van der Waals surface area contributed by atoms with Crippen LogP contribution in [0, 0.1) is 13.8 Å². The van der Waals surface area contributed by atoms with Gasteiger partial charge < -0.3 is 4.90 Å². The molecule has 0 N–H and O–H groups in total. The molecule has 1 aliphatic rings. The van der Waals surface area contributed by atoms with Crippen molar-refractivity contribution in [2.75, 3.05) is 39.8 Å². The van der Waals surface area contributed by atoms with Gasteiger partial charge in [0, 0.05) is 33.2 Å². The fourth-order valence-corrected chi connectivity index (χ4v) is 5.04. The number of carbonyl (C=O) groups excluding carboxylic acids is 1. The third kappa shape index (κ3) is 5.68. The average molecular weight is 430 g/mol. The molecule has 1 heterocycles. The van der Waals surface area contributed by atoms with Gasteiger partial charge in [0.2, 0.25) is 15.9 Å². The topological polar surface area (TPSA) is 60.9 Å². The molecule has 7 heteroatoms. The maximum Gasteiger partial charge on any atom is 0.243 e. The van der Waals surface area contributed by atoms with Gasteiger partial charge in [-0.2, -0.15) is 4.31 Å². The normalized spacial score (nSPS) is 16.2. The molecular weight excluding hydrogens is 398 g/mol. The zero-order valence-electron chi connectivity index (χ0n) is 18.0. The van der Waals surface area contributed by atoms with Crippen LogP contribution in [0.3, 0.4) is 0 Å². The molecule has 2 aromatic carbocycles. The summed E-state index contributed by atoms with van der Waals surface area (Å²) in [4.78, 5) is 16.8. The van der Waals surface area contributed by atoms with Crippen molar-refractivity contribution in [1.82, 2.24) is 14.1 Å². The average Bonchev–Trinajstić information content (AvgIpc) is 2.96. The number of nitrogens with zero attached hydrogens (tertiary/aromatic N) is 3. The minimum absolute atomic E-state index is 0.0467. The molecule has 2 aromatic rings. The molecule has 30 heavy (non-hydrogen) atoms. The van der Waals surface area contributed by atoms with E-state index < -0.39 is 10.0 Å². The molecule has 1 aliphatic heterocycles. The number of amides is 1. The summed E-state index contributed by atoms with van der Waals surface area (Å²) in [6, 6.07) is 15.1. The van der Waals surface area contributed by atoms with Crippen molar-refractivity contribution < 1.29 is 13.2 Å². The molecule has 6 nitrogen and oxygen atoms in total. The summed E-state index contributed by atoms with van der Waals surface area (Å²) >= 11 is 0. The monoisotopic (exact) mass is 429 g/mol. The van der Waals surface area contributed by atoms with Crippen LogP contribution in [0.5, 0.6) is 0 Å². The lowest BCUT2D eigenvalue weighted by Crippen LogP contribution is -2.40. The Hall–Kier alpha value is -2.22. The predicted octanol–water partition coefficient (Wildman–Crippen LogP) is 2.66. The second kappa shape index (κ2) is 9.73. The van der Waals surface area contributed by atoms with Crippen molar-refractivity contribution in [3.05, 3.63) is 65.2 Å². The van der Waals surface area contributed by atoms with E-state index in [9.17, 15) is 13.2 Å². The maximum absolute atomic E-state index is 12.9. The lowest BCUT2D eigenvalue weighted by Gasteiger charge is -2.24. The van der Waals surface area contributed by atoms with Gasteiger partial charge in [-0.3, -0.25) is 9.69 Å². The predicted molar refractivity (Wildman–Crippen MR) is 119 cm³/mol. The van der Waals surface area contributed by atoms with E-state index >= 15 is 0 Å². The molecule has 0 unspecified atom stereocenters. The lowest BCUT2D eigenvalue weighted by molar-refractivity contribution is -0.131. The molecule has 1 fully saturated rings. The fourth-order valence-electron chi connectivity index (χ4n) is 3.57. The van der Waals surface area contributed by atoms with Crippen molar-refractivity contribution in [1.29, 1.82) is 0 Å². The van der Waals surface area contributed by atoms with E-state index in [1.807, 2.05) is 57.3 Å². The summed E-state index contributed by atoms with van der Waals surface area (Å²) < 4.78 is 27.4. The van der Waals surface area contributed by atoms with Crippen LogP contribution in [-0.4, -0.2) is 68.2 Å². The molecular formula is C23H31N3O3S. The van der Waals surface area contributed by atoms with Gasteiger partial charge in [-0.15, -0.1) is 0 Å². The Labute approximate surface area is 180 Å². The van der Waals surface area contributed by atoms with E-state index in [1.165, 1.54) is 9.87 Å². The number of aryl methyl sites for hydroxylation is 2. The Morgan fingerprint density at radius 3 is 2.13 bits per heavy atom. The number of benzene rings is 2. The Morgan fingerprint density at radius 2 is 1.50 bits per heavy atom. The zero-order chi connectivity index (χ0) is 21.7. The maximum atomic E-state index is 12.9. The standard InChI is InChI=1S/C23H31N3O3S/c1-19-5-9-21(10-6-19)17-24(3)23(27)18-25-13-4-14-26(16-15-25)30(28,29)22-11-7-20(2)8-12-22/h5-12H,4,13-18H2,1-3H3. The van der Waals surface area contributed by atoms with Crippen LogP contribution in [0.25, 0.3) is 0 Å². The highest BCUT2D eigenvalue weighted by Crippen LogP contribution is 2.18. The second-order valence-corrected chi connectivity index (χ2v) is 10.0. The summed E-state index contributed by atoms with van der Waals surface area (Å²) in [6.07, 6.45) is 0.708. The zero-order valence-corrected chi connectivity index (χ0v) is 18.9. The van der Waals surface area contributed by atoms with E-state index in [0.29, 0.717) is 50.6 Å². The number of sulfonamides is 1. The third-order valence-corrected chi connectivity index (χ3v) is 7.44. The fraction of sp³-hybridized carbons (Fsp3) is 0.435. The molecule has 3 rings (SSSR count). The molecule has 0 aliphatic carbocycles. The highest BCUT2D eigenvalue weighted by molar-refractivity contribution is 7.89. The van der Waals surface area contributed by atoms with Crippen molar-refractivity contribution in [2.24, 2.45) is 0 Å². The quantitative estimate of drug-likeness (QED) is 0.708. The SMILES string of the molecule is Cc1ccc(CN(C)C(=O)CN2CCCN(S(=O)(=O)c3ccc(C)cc3)CC2)cc1. The minimum atomic E-state index is -3.50. The van der Waals surface area contributed by atoms with Crippen LogP contribution >= 0.6 is 0 Å². The van der Waals surface area contributed by atoms with Gasteiger partial charge in [0.15, 0.2) is 0 Å². The first-order chi connectivity index (χ1) is 14.3. The van der Waals surface area contributed by atoms with E-state index in [2.05, 4.69) is 4.90 Å². The summed E-state index contributed by atoms with van der Waals surface area (Å²) in [5, 5.41) is 0. The highest BCUT2D eigenvalue weighted by Gasteiger charge is 2.27. The van der Waals surface area contributed by atoms with Gasteiger partial charge in [-0.05, 0) is 44.5 Å². The summed E-state index contributed by atoms with van der Waals surface area (Å²) in [5.74, 6) is 0.0467. The van der Waals surface area contributed by atoms with Crippen LogP contribution in [0.1, 0.15) is 23.1 Å². The lowest BCUT2D eigenvalue weighted by atomic mass is 10.1. The van der Waals surface area contributed by atoms with Crippen molar-refractivity contribution in [2.45, 2.75) is 31.7 Å². The number of rotatable bonds is 6. The van der Waals surface area contributed by atoms with Crippen molar-refractivity contribution in [3.63, 3.8) is 0 Å². The van der Waals surface area contributed by atoms with E-state index in [1.54, 1.807) is 17.0 Å². The van der Waals surface area contributed by atoms with Crippen LogP contribution in [0.2, 0.25) is 0 Å². The molecule has 0 aromatic heterocycles. The van der Waals surface area contributed by atoms with E-state index in [0.717, 1.165) is 11.1 Å². The third-order valence-electron chi connectivity index (χ3n) is 5.53. The van der Waals surface area contributed by atoms with Gasteiger partial charge in [0.1, 0.15) is 0 Å². The Morgan fingerprint density at radius 1 is 0.900 bits per heavy atom. The molecule has 162 valence electrons. The molecule has 0 spiro atoms. The summed E-state index contributed by atoms with van der Waals surface area (Å²) in [5.41, 5.74) is 3.33. The van der Waals surface area contributed by atoms with Gasteiger partial charge in [0.25, 0.3) is 0 Å². The minimum Gasteiger partial charge on any atom is -0.340 e. The number of carbonyl (C=O) groups is 1. The summed E-state index contributed by atoms with van der Waals surface area (Å²) in [6.45, 7) is 6.99. The Kier molecular flexibility index (Phi) is 7.28.